The number of rotatable bonds is 6. The maximum absolute atomic E-state index is 13.5. The van der Waals surface area contributed by atoms with Crippen LogP contribution in [-0.4, -0.2) is 34.9 Å². The lowest BCUT2D eigenvalue weighted by Crippen LogP contribution is -2.12. The van der Waals surface area contributed by atoms with Gasteiger partial charge in [0.2, 0.25) is 0 Å². The highest BCUT2D eigenvalue weighted by molar-refractivity contribution is 6.09. The summed E-state index contributed by atoms with van der Waals surface area (Å²) in [4.78, 5) is 17.8. The molecule has 0 fully saturated rings. The molecular formula is C27H22N4O3. The standard InChI is InChI=1S/C27H22N4O3/c1-33-21-11-13-25(34-2)22(16-21)26-23(17-31(30-26)20-8-4-3-5-9-20)27(32)29-19-10-12-24-18(15-19)7-6-14-28-24/h3-17H,1-2H3,(H,29,32). The lowest BCUT2D eigenvalue weighted by molar-refractivity contribution is 0.102. The summed E-state index contributed by atoms with van der Waals surface area (Å²) in [6, 6.07) is 24.5. The molecule has 168 valence electrons. The van der Waals surface area contributed by atoms with Crippen LogP contribution in [-0.2, 0) is 0 Å². The van der Waals surface area contributed by atoms with Crippen LogP contribution >= 0.6 is 0 Å². The first-order chi connectivity index (χ1) is 16.7. The number of anilines is 1. The number of methoxy groups -OCH3 is 2. The molecule has 1 amide bonds. The Morgan fingerprint density at radius 2 is 1.76 bits per heavy atom. The van der Waals surface area contributed by atoms with Crippen LogP contribution in [0.1, 0.15) is 10.4 Å². The van der Waals surface area contributed by atoms with Gasteiger partial charge in [-0.15, -0.1) is 0 Å². The van der Waals surface area contributed by atoms with Crippen molar-refractivity contribution in [3.8, 4) is 28.4 Å². The summed E-state index contributed by atoms with van der Waals surface area (Å²) in [5, 5.41) is 8.70. The molecule has 7 heteroatoms. The number of hydrogen-bond donors (Lipinski definition) is 1. The quantitative estimate of drug-likeness (QED) is 0.377. The molecule has 0 spiro atoms. The fourth-order valence-corrected chi connectivity index (χ4v) is 3.80. The van der Waals surface area contributed by atoms with E-state index in [1.165, 1.54) is 0 Å². The van der Waals surface area contributed by atoms with Crippen molar-refractivity contribution >= 4 is 22.5 Å². The van der Waals surface area contributed by atoms with Crippen molar-refractivity contribution in [2.24, 2.45) is 0 Å². The number of benzene rings is 3. The van der Waals surface area contributed by atoms with Crippen molar-refractivity contribution in [3.63, 3.8) is 0 Å². The van der Waals surface area contributed by atoms with Crippen LogP contribution in [0, 0.1) is 0 Å². The Morgan fingerprint density at radius 1 is 0.912 bits per heavy atom. The SMILES string of the molecule is COc1ccc(OC)c(-c2nn(-c3ccccc3)cc2C(=O)Nc2ccc3ncccc3c2)c1. The molecule has 0 saturated heterocycles. The number of carbonyl (C=O) groups is 1. The van der Waals surface area contributed by atoms with E-state index in [1.54, 1.807) is 43.4 Å². The van der Waals surface area contributed by atoms with Crippen LogP contribution in [0.2, 0.25) is 0 Å². The van der Waals surface area contributed by atoms with E-state index in [4.69, 9.17) is 14.6 Å². The predicted octanol–water partition coefficient (Wildman–Crippen LogP) is 5.36. The van der Waals surface area contributed by atoms with Crippen LogP contribution < -0.4 is 14.8 Å². The van der Waals surface area contributed by atoms with Gasteiger partial charge in [0.15, 0.2) is 0 Å². The highest BCUT2D eigenvalue weighted by Gasteiger charge is 2.22. The van der Waals surface area contributed by atoms with E-state index < -0.39 is 0 Å². The lowest BCUT2D eigenvalue weighted by Gasteiger charge is -2.11. The van der Waals surface area contributed by atoms with Crippen LogP contribution in [0.5, 0.6) is 11.5 Å². The summed E-state index contributed by atoms with van der Waals surface area (Å²) in [5.74, 6) is 0.939. The topological polar surface area (TPSA) is 78.3 Å². The minimum atomic E-state index is -0.287. The fourth-order valence-electron chi connectivity index (χ4n) is 3.80. The van der Waals surface area contributed by atoms with Crippen molar-refractivity contribution in [1.29, 1.82) is 0 Å². The van der Waals surface area contributed by atoms with E-state index in [9.17, 15) is 4.79 Å². The van der Waals surface area contributed by atoms with Gasteiger partial charge in [0.25, 0.3) is 5.91 Å². The number of ether oxygens (including phenoxy) is 2. The third-order valence-corrected chi connectivity index (χ3v) is 5.50. The molecule has 0 bridgehead atoms. The number of pyridine rings is 1. The van der Waals surface area contributed by atoms with Crippen molar-refractivity contribution in [2.45, 2.75) is 0 Å². The van der Waals surface area contributed by atoms with Gasteiger partial charge in [0.1, 0.15) is 17.2 Å². The average molecular weight is 450 g/mol. The molecule has 0 aliphatic carbocycles. The smallest absolute Gasteiger partial charge is 0.259 e. The number of carbonyl (C=O) groups excluding carboxylic acids is 1. The summed E-state index contributed by atoms with van der Waals surface area (Å²) in [6.07, 6.45) is 3.47. The van der Waals surface area contributed by atoms with Gasteiger partial charge < -0.3 is 14.8 Å². The zero-order valence-electron chi connectivity index (χ0n) is 18.7. The number of hydrogen-bond acceptors (Lipinski definition) is 5. The Morgan fingerprint density at radius 3 is 2.56 bits per heavy atom. The number of aromatic nitrogens is 3. The molecule has 0 saturated carbocycles. The van der Waals surface area contributed by atoms with Crippen molar-refractivity contribution in [1.82, 2.24) is 14.8 Å². The first-order valence-electron chi connectivity index (χ1n) is 10.7. The molecule has 0 radical (unpaired) electrons. The second kappa shape index (κ2) is 9.07. The van der Waals surface area contributed by atoms with E-state index in [-0.39, 0.29) is 5.91 Å². The number of fused-ring (bicyclic) bond motifs is 1. The normalized spacial score (nSPS) is 10.8. The number of amides is 1. The molecule has 0 unspecified atom stereocenters. The first-order valence-corrected chi connectivity index (χ1v) is 10.7. The van der Waals surface area contributed by atoms with Gasteiger partial charge in [-0.1, -0.05) is 24.3 Å². The highest BCUT2D eigenvalue weighted by atomic mass is 16.5. The molecule has 34 heavy (non-hydrogen) atoms. The van der Waals surface area contributed by atoms with Crippen LogP contribution in [0.25, 0.3) is 27.8 Å². The molecule has 3 aromatic carbocycles. The summed E-state index contributed by atoms with van der Waals surface area (Å²) in [5.41, 5.74) is 3.91. The Hall–Kier alpha value is -4.65. The Bertz CT molecular complexity index is 1480. The zero-order valence-corrected chi connectivity index (χ0v) is 18.7. The molecular weight excluding hydrogens is 428 g/mol. The fraction of sp³-hybridized carbons (Fsp3) is 0.0741. The van der Waals surface area contributed by atoms with Crippen molar-refractivity contribution in [3.05, 3.63) is 96.8 Å². The molecule has 2 heterocycles. The van der Waals surface area contributed by atoms with Crippen LogP contribution in [0.4, 0.5) is 5.69 Å². The van der Waals surface area contributed by atoms with Gasteiger partial charge in [-0.3, -0.25) is 9.78 Å². The van der Waals surface area contributed by atoms with E-state index in [2.05, 4.69) is 10.3 Å². The molecule has 0 aliphatic heterocycles. The predicted molar refractivity (Wildman–Crippen MR) is 132 cm³/mol. The van der Waals surface area contributed by atoms with E-state index in [0.29, 0.717) is 34.0 Å². The van der Waals surface area contributed by atoms with Crippen molar-refractivity contribution < 1.29 is 14.3 Å². The van der Waals surface area contributed by atoms with Gasteiger partial charge in [0, 0.05) is 29.0 Å². The zero-order chi connectivity index (χ0) is 23.5. The third kappa shape index (κ3) is 4.06. The van der Waals surface area contributed by atoms with E-state index in [1.807, 2.05) is 66.7 Å². The lowest BCUT2D eigenvalue weighted by atomic mass is 10.1. The molecule has 7 nitrogen and oxygen atoms in total. The second-order valence-electron chi connectivity index (χ2n) is 7.60. The van der Waals surface area contributed by atoms with Crippen molar-refractivity contribution in [2.75, 3.05) is 19.5 Å². The molecule has 5 rings (SSSR count). The maximum atomic E-state index is 13.5. The first kappa shape index (κ1) is 21.2. The van der Waals surface area contributed by atoms with Gasteiger partial charge in [-0.05, 0) is 54.6 Å². The van der Waals surface area contributed by atoms with Gasteiger partial charge >= 0.3 is 0 Å². The summed E-state index contributed by atoms with van der Waals surface area (Å²) >= 11 is 0. The third-order valence-electron chi connectivity index (χ3n) is 5.50. The van der Waals surface area contributed by atoms with E-state index >= 15 is 0 Å². The van der Waals surface area contributed by atoms with Gasteiger partial charge in [-0.2, -0.15) is 5.10 Å². The largest absolute Gasteiger partial charge is 0.497 e. The van der Waals surface area contributed by atoms with Crippen LogP contribution in [0.15, 0.2) is 91.3 Å². The monoisotopic (exact) mass is 450 g/mol. The summed E-state index contributed by atoms with van der Waals surface area (Å²) < 4.78 is 12.7. The average Bonchev–Trinajstić information content (AvgIpc) is 3.34. The highest BCUT2D eigenvalue weighted by Crippen LogP contribution is 2.35. The molecule has 0 atom stereocenters. The molecule has 5 aromatic rings. The number of nitrogens with one attached hydrogen (secondary N) is 1. The maximum Gasteiger partial charge on any atom is 0.259 e. The Kier molecular flexibility index (Phi) is 5.66. The minimum Gasteiger partial charge on any atom is -0.497 e. The number of para-hydroxylation sites is 1. The molecule has 1 N–H and O–H groups in total. The summed E-state index contributed by atoms with van der Waals surface area (Å²) in [7, 11) is 3.18. The summed E-state index contributed by atoms with van der Waals surface area (Å²) in [6.45, 7) is 0. The minimum absolute atomic E-state index is 0.287. The Labute approximate surface area is 196 Å². The second-order valence-corrected chi connectivity index (χ2v) is 7.60. The molecule has 0 aliphatic rings. The number of nitrogens with zero attached hydrogens (tertiary/aromatic N) is 3. The van der Waals surface area contributed by atoms with Crippen LogP contribution in [0.3, 0.4) is 0 Å². The van der Waals surface area contributed by atoms with Gasteiger partial charge in [0.05, 0.1) is 31.0 Å². The molecule has 2 aromatic heterocycles. The van der Waals surface area contributed by atoms with E-state index in [0.717, 1.165) is 16.6 Å². The van der Waals surface area contributed by atoms with Gasteiger partial charge in [-0.25, -0.2) is 4.68 Å². The Balaban J connectivity index is 1.60.